The normalized spacial score (nSPS) is 17.3. The number of benzene rings is 2. The average Bonchev–Trinajstić information content (AvgIpc) is 3.15. The molecule has 1 aliphatic rings. The number of fused-ring (bicyclic) bond motifs is 1. The molecule has 39 heavy (non-hydrogen) atoms. The van der Waals surface area contributed by atoms with E-state index < -0.39 is 16.1 Å². The monoisotopic (exact) mass is 566 g/mol. The van der Waals surface area contributed by atoms with Gasteiger partial charge in [-0.3, -0.25) is 9.59 Å². The molecule has 0 aliphatic carbocycles. The second kappa shape index (κ2) is 12.7. The first kappa shape index (κ1) is 28.7. The van der Waals surface area contributed by atoms with Gasteiger partial charge in [-0.1, -0.05) is 44.2 Å². The van der Waals surface area contributed by atoms with Gasteiger partial charge in [-0.15, -0.1) is 11.3 Å². The van der Waals surface area contributed by atoms with Crippen LogP contribution in [0.3, 0.4) is 0 Å². The van der Waals surface area contributed by atoms with Crippen LogP contribution >= 0.6 is 11.3 Å². The number of thiophene rings is 1. The van der Waals surface area contributed by atoms with Gasteiger partial charge in [0.1, 0.15) is 12.1 Å². The van der Waals surface area contributed by atoms with E-state index >= 15 is 0 Å². The molecule has 10 heteroatoms. The van der Waals surface area contributed by atoms with Gasteiger partial charge in [0.25, 0.3) is 0 Å². The van der Waals surface area contributed by atoms with Crippen LogP contribution in [-0.2, 0) is 26.0 Å². The predicted octanol–water partition coefficient (Wildman–Crippen LogP) is 4.21. The molecule has 2 atom stereocenters. The lowest BCUT2D eigenvalue weighted by molar-refractivity contribution is -0.129. The van der Waals surface area contributed by atoms with E-state index in [-0.39, 0.29) is 47.2 Å². The van der Waals surface area contributed by atoms with Crippen LogP contribution in [0.25, 0.3) is 10.1 Å². The van der Waals surface area contributed by atoms with Gasteiger partial charge in [-0.2, -0.15) is 9.57 Å². The summed E-state index contributed by atoms with van der Waals surface area (Å²) >= 11 is 1.58. The summed E-state index contributed by atoms with van der Waals surface area (Å²) in [4.78, 5) is 27.1. The predicted molar refractivity (Wildman–Crippen MR) is 153 cm³/mol. The molecule has 2 N–H and O–H groups in total. The van der Waals surface area contributed by atoms with Gasteiger partial charge in [0.2, 0.25) is 21.8 Å². The largest absolute Gasteiger partial charge is 0.352 e. The summed E-state index contributed by atoms with van der Waals surface area (Å²) in [6, 6.07) is 17.3. The molecule has 206 valence electrons. The fourth-order valence-corrected chi connectivity index (χ4v) is 7.61. The van der Waals surface area contributed by atoms with E-state index in [1.807, 2.05) is 50.2 Å². The Bertz CT molecular complexity index is 1440. The molecule has 1 aliphatic heterocycles. The molecule has 1 aromatic heterocycles. The lowest BCUT2D eigenvalue weighted by Gasteiger charge is -2.24. The molecule has 2 heterocycles. The van der Waals surface area contributed by atoms with Crippen LogP contribution in [0.15, 0.2) is 59.5 Å². The Morgan fingerprint density at radius 2 is 1.85 bits per heavy atom. The molecule has 3 aromatic rings. The molecule has 1 fully saturated rings. The van der Waals surface area contributed by atoms with Crippen LogP contribution in [0.2, 0.25) is 0 Å². The highest BCUT2D eigenvalue weighted by Crippen LogP contribution is 2.26. The molecule has 0 spiro atoms. The molecule has 2 amide bonds. The fourth-order valence-electron chi connectivity index (χ4n) is 4.91. The number of sulfonamides is 1. The van der Waals surface area contributed by atoms with E-state index in [9.17, 15) is 23.3 Å². The first-order chi connectivity index (χ1) is 18.7. The minimum absolute atomic E-state index is 0.00772. The van der Waals surface area contributed by atoms with Crippen molar-refractivity contribution in [2.45, 2.75) is 62.9 Å². The zero-order chi connectivity index (χ0) is 28.0. The van der Waals surface area contributed by atoms with Crippen LogP contribution in [-0.4, -0.2) is 49.7 Å². The Morgan fingerprint density at radius 3 is 2.59 bits per heavy atom. The first-order valence-corrected chi connectivity index (χ1v) is 15.5. The number of nitriles is 1. The van der Waals surface area contributed by atoms with Gasteiger partial charge in [-0.25, -0.2) is 8.42 Å². The number of hydrogen-bond donors (Lipinski definition) is 2. The highest BCUT2D eigenvalue weighted by molar-refractivity contribution is 7.89. The molecule has 0 bridgehead atoms. The van der Waals surface area contributed by atoms with Crippen molar-refractivity contribution in [3.05, 3.63) is 65.0 Å². The van der Waals surface area contributed by atoms with Crippen LogP contribution in [0.4, 0.5) is 0 Å². The second-order valence-electron chi connectivity index (χ2n) is 10.3. The Hall–Kier alpha value is -3.26. The van der Waals surface area contributed by atoms with E-state index in [0.717, 1.165) is 15.0 Å². The third kappa shape index (κ3) is 7.24. The molecule has 1 saturated heterocycles. The summed E-state index contributed by atoms with van der Waals surface area (Å²) < 4.78 is 29.0. The Labute approximate surface area is 234 Å². The zero-order valence-electron chi connectivity index (χ0n) is 22.2. The van der Waals surface area contributed by atoms with E-state index in [4.69, 9.17) is 0 Å². The number of rotatable bonds is 9. The van der Waals surface area contributed by atoms with Crippen molar-refractivity contribution < 1.29 is 18.0 Å². The Morgan fingerprint density at radius 1 is 1.10 bits per heavy atom. The van der Waals surface area contributed by atoms with Gasteiger partial charge >= 0.3 is 0 Å². The van der Waals surface area contributed by atoms with Crippen molar-refractivity contribution in [2.75, 3.05) is 13.1 Å². The summed E-state index contributed by atoms with van der Waals surface area (Å²) in [5.41, 5.74) is 0.120. The van der Waals surface area contributed by atoms with E-state index in [1.54, 1.807) is 23.5 Å². The number of carbonyl (C=O) groups is 2. The lowest BCUT2D eigenvalue weighted by atomic mass is 10.0. The van der Waals surface area contributed by atoms with Crippen molar-refractivity contribution >= 4 is 43.3 Å². The summed E-state index contributed by atoms with van der Waals surface area (Å²) in [6.45, 7) is 4.56. The highest BCUT2D eigenvalue weighted by Gasteiger charge is 2.31. The summed E-state index contributed by atoms with van der Waals surface area (Å²) in [5, 5.41) is 16.5. The van der Waals surface area contributed by atoms with Gasteiger partial charge in [0.05, 0.1) is 16.9 Å². The standard InChI is InChI=1S/C29H34N4O4S2/c1-20(2)16-25(32-28(34)18-24-17-21-8-3-5-11-26(21)38-24)29(35)31-23-10-7-14-33(15-13-23)39(36,37)27-12-6-4-9-22(27)19-30/h3-6,8-9,11-12,17,20,23,25H,7,10,13-16,18H2,1-2H3,(H,31,35)(H,32,34)/t23-,25+/m1/s1. The minimum atomic E-state index is -3.83. The number of hydrogen-bond acceptors (Lipinski definition) is 6. The van der Waals surface area contributed by atoms with Gasteiger partial charge in [-0.05, 0) is 61.3 Å². The molecule has 0 radical (unpaired) electrons. The Kier molecular flexibility index (Phi) is 9.38. The second-order valence-corrected chi connectivity index (χ2v) is 13.4. The fraction of sp³-hybridized carbons (Fsp3) is 0.414. The molecule has 0 unspecified atom stereocenters. The number of nitrogens with zero attached hydrogens (tertiary/aromatic N) is 2. The van der Waals surface area contributed by atoms with Crippen molar-refractivity contribution in [2.24, 2.45) is 5.92 Å². The lowest BCUT2D eigenvalue weighted by Crippen LogP contribution is -2.50. The summed E-state index contributed by atoms with van der Waals surface area (Å²) in [6.07, 6.45) is 2.36. The van der Waals surface area contributed by atoms with Gasteiger partial charge in [0, 0.05) is 28.7 Å². The SMILES string of the molecule is CC(C)C[C@H](NC(=O)Cc1cc2ccccc2s1)C(=O)N[C@@H]1CCCN(S(=O)(=O)c2ccccc2C#N)CC1. The molecule has 4 rings (SSSR count). The topological polar surface area (TPSA) is 119 Å². The molecular formula is C29H34N4O4S2. The third-order valence-corrected chi connectivity index (χ3v) is 9.90. The van der Waals surface area contributed by atoms with Crippen LogP contribution < -0.4 is 10.6 Å². The number of amides is 2. The van der Waals surface area contributed by atoms with Crippen LogP contribution in [0, 0.1) is 17.2 Å². The van der Waals surface area contributed by atoms with Crippen molar-refractivity contribution in [3.63, 3.8) is 0 Å². The zero-order valence-corrected chi connectivity index (χ0v) is 23.9. The quantitative estimate of drug-likeness (QED) is 0.402. The highest BCUT2D eigenvalue weighted by atomic mass is 32.2. The number of nitrogens with one attached hydrogen (secondary N) is 2. The van der Waals surface area contributed by atoms with Crippen molar-refractivity contribution in [3.8, 4) is 6.07 Å². The smallest absolute Gasteiger partial charge is 0.244 e. The van der Waals surface area contributed by atoms with Crippen LogP contribution in [0.1, 0.15) is 50.0 Å². The summed E-state index contributed by atoms with van der Waals surface area (Å²) in [7, 11) is -3.83. The summed E-state index contributed by atoms with van der Waals surface area (Å²) in [5.74, 6) is -0.249. The molecular weight excluding hydrogens is 532 g/mol. The molecule has 2 aromatic carbocycles. The minimum Gasteiger partial charge on any atom is -0.352 e. The van der Waals surface area contributed by atoms with E-state index in [2.05, 4.69) is 10.6 Å². The maximum atomic E-state index is 13.3. The molecule has 8 nitrogen and oxygen atoms in total. The van der Waals surface area contributed by atoms with Gasteiger partial charge < -0.3 is 10.6 Å². The average molecular weight is 567 g/mol. The first-order valence-electron chi connectivity index (χ1n) is 13.2. The number of carbonyl (C=O) groups excluding carboxylic acids is 2. The van der Waals surface area contributed by atoms with Crippen molar-refractivity contribution in [1.82, 2.24) is 14.9 Å². The third-order valence-electron chi connectivity index (χ3n) is 6.83. The Balaban J connectivity index is 1.37. The maximum absolute atomic E-state index is 13.3. The van der Waals surface area contributed by atoms with E-state index in [0.29, 0.717) is 32.2 Å². The van der Waals surface area contributed by atoms with Gasteiger partial charge in [0.15, 0.2) is 0 Å². The molecule has 0 saturated carbocycles. The maximum Gasteiger partial charge on any atom is 0.244 e. The van der Waals surface area contributed by atoms with Crippen LogP contribution in [0.5, 0.6) is 0 Å². The van der Waals surface area contributed by atoms with E-state index in [1.165, 1.54) is 16.4 Å². The van der Waals surface area contributed by atoms with Crippen molar-refractivity contribution in [1.29, 1.82) is 5.26 Å².